The first kappa shape index (κ1) is 86.7. The molecule has 0 bridgehead atoms. The Balaban J connectivity index is 0.859. The fraction of sp³-hybridized carbons (Fsp3) is 0.500. The van der Waals surface area contributed by atoms with E-state index in [1.54, 1.807) is 33.4 Å². The molecule has 12 aromatic rings. The van der Waals surface area contributed by atoms with E-state index in [-0.39, 0.29) is 0 Å². The van der Waals surface area contributed by atoms with Crippen molar-refractivity contribution in [1.29, 1.82) is 0 Å². The number of unbranched alkanes of at least 4 members (excludes halogenated alkanes) is 24. The molecule has 0 unspecified atom stereocenters. The Labute approximate surface area is 728 Å². The number of thiophene rings is 12. The summed E-state index contributed by atoms with van der Waals surface area (Å²) < 4.78 is 2.51. The van der Waals surface area contributed by atoms with E-state index in [0.29, 0.717) is 0 Å². The maximum Gasteiger partial charge on any atom is 0.0708 e. The van der Waals surface area contributed by atoms with Crippen molar-refractivity contribution in [3.63, 3.8) is 0 Å². The van der Waals surface area contributed by atoms with E-state index in [1.807, 2.05) is 45.3 Å². The molecule has 12 heterocycles. The van der Waals surface area contributed by atoms with Gasteiger partial charge in [0.1, 0.15) is 0 Å². The van der Waals surface area contributed by atoms with Gasteiger partial charge in [-0.05, 0) is 276 Å². The predicted molar refractivity (Wildman–Crippen MR) is 519 cm³/mol. The van der Waals surface area contributed by atoms with Crippen LogP contribution in [0.5, 0.6) is 0 Å². The molecule has 0 amide bonds. The Kier molecular flexibility index (Phi) is 35.7. The number of halogens is 2. The third-order valence-electron chi connectivity index (χ3n) is 21.8. The molecule has 0 aliphatic heterocycles. The van der Waals surface area contributed by atoms with Crippen LogP contribution in [0, 0.1) is 0 Å². The quantitative estimate of drug-likeness (QED) is 0.0333. The molecule has 0 atom stereocenters. The molecule has 110 heavy (non-hydrogen) atoms. The molecule has 0 saturated carbocycles. The highest BCUT2D eigenvalue weighted by Crippen LogP contribution is 2.55. The minimum atomic E-state index is 1.14. The minimum absolute atomic E-state index is 1.14. The van der Waals surface area contributed by atoms with Crippen LogP contribution in [-0.4, -0.2) is 0 Å². The summed E-state index contributed by atoms with van der Waals surface area (Å²) in [5.74, 6) is 0. The Hall–Kier alpha value is -2.64. The lowest BCUT2D eigenvalue weighted by Crippen LogP contribution is -1.86. The van der Waals surface area contributed by atoms with Gasteiger partial charge in [0, 0.05) is 107 Å². The van der Waals surface area contributed by atoms with Crippen molar-refractivity contribution >= 4 is 168 Å². The summed E-state index contributed by atoms with van der Waals surface area (Å²) in [7, 11) is 0. The van der Waals surface area contributed by atoms with Crippen molar-refractivity contribution in [1.82, 2.24) is 0 Å². The molecule has 0 spiro atoms. The van der Waals surface area contributed by atoms with Crippen molar-refractivity contribution < 1.29 is 0 Å². The number of hydrogen-bond acceptors (Lipinski definition) is 12. The summed E-state index contributed by atoms with van der Waals surface area (Å²) in [4.78, 5) is 32.2. The molecule has 12 rings (SSSR count). The Bertz CT molecular complexity index is 4400. The lowest BCUT2D eigenvalue weighted by atomic mass is 10.0. The van der Waals surface area contributed by atoms with Crippen molar-refractivity contribution in [2.24, 2.45) is 0 Å². The summed E-state index contributed by atoms with van der Waals surface area (Å²) in [6.07, 6.45) is 50.2. The monoisotopic (exact) mass is 1810 g/mol. The van der Waals surface area contributed by atoms with Crippen LogP contribution in [0.1, 0.15) is 305 Å². The standard InChI is InChI=1S/C96H120Br2S12/c1-9-17-25-33-41-65-57-81(103-89(65)73-49-51-75(99-73)91-67(43-35-27-19-11-3)59-83(105-91)85-61-69(45-37-29-21-13-5)93(107-85)77-53-55-79(101-77)95-71(63-87(97)109-95)47-39-31-23-15-7)82-58-66(42-34-26-18-10-2)90(104-82)74-50-52-76(100-74)92-68(44-36-28-20-12-4)60-84(106-92)86-62-70(46-38-30-22-14-6)94(108-86)78-54-56-80(102-78)96-72(64-88(98)110-96)48-40-32-24-16-8/h49-64H,9-48H2,1-8H3. The molecule has 0 aliphatic rings. The van der Waals surface area contributed by atoms with E-state index in [4.69, 9.17) is 0 Å². The fourth-order valence-electron chi connectivity index (χ4n) is 15.5. The third-order valence-corrected chi connectivity index (χ3v) is 38.5. The lowest BCUT2D eigenvalue weighted by molar-refractivity contribution is 0.668. The first-order valence-corrected chi connectivity index (χ1v) is 54.2. The fourth-order valence-corrected chi connectivity index (χ4v) is 31.6. The molecule has 0 aliphatic carbocycles. The topological polar surface area (TPSA) is 0 Å². The van der Waals surface area contributed by atoms with Gasteiger partial charge in [-0.2, -0.15) is 0 Å². The molecular formula is C96H120Br2S12. The molecule has 0 saturated heterocycles. The van der Waals surface area contributed by atoms with Crippen LogP contribution in [0.25, 0.3) is 107 Å². The smallest absolute Gasteiger partial charge is 0.0708 e. The molecule has 0 aromatic carbocycles. The average Bonchev–Trinajstić information content (AvgIpc) is 1.63. The van der Waals surface area contributed by atoms with E-state index in [2.05, 4.69) is 275 Å². The first-order chi connectivity index (χ1) is 54.0. The third kappa shape index (κ3) is 23.4. The SMILES string of the molecule is CCCCCCc1cc(Br)sc1-c1ccc(-c2sc(-c3cc(CCCCCC)c(-c4ccc(-c5sc(-c6cc(CCCCCC)c(-c7ccc(-c8sc(-c9cc(CCCCCC)c(-c%10ccc(-c%11sc(Br)cc%11CCCCCC)s%10)s9)cc8CCCCCC)s7)s6)cc5CCCCCC)s4)s3)cc2CCCCCC)s1. The second kappa shape index (κ2) is 45.3. The lowest BCUT2D eigenvalue weighted by Gasteiger charge is -2.03. The van der Waals surface area contributed by atoms with Crippen LogP contribution in [0.4, 0.5) is 0 Å². The highest BCUT2D eigenvalue weighted by molar-refractivity contribution is 9.11. The summed E-state index contributed by atoms with van der Waals surface area (Å²) in [5.41, 5.74) is 12.3. The average molecular weight is 1820 g/mol. The summed E-state index contributed by atoms with van der Waals surface area (Å²) in [5, 5.41) is 0. The molecule has 0 N–H and O–H groups in total. The van der Waals surface area contributed by atoms with Gasteiger partial charge in [0.15, 0.2) is 0 Å². The van der Waals surface area contributed by atoms with Gasteiger partial charge in [0.25, 0.3) is 0 Å². The predicted octanol–water partition coefficient (Wildman–Crippen LogP) is 39.3. The van der Waals surface area contributed by atoms with Crippen molar-refractivity contribution in [3.05, 3.63) is 149 Å². The molecule has 0 fully saturated rings. The van der Waals surface area contributed by atoms with Gasteiger partial charge in [-0.3, -0.25) is 0 Å². The van der Waals surface area contributed by atoms with Crippen molar-refractivity contribution in [3.8, 4) is 107 Å². The first-order valence-electron chi connectivity index (χ1n) is 42.8. The van der Waals surface area contributed by atoms with Crippen LogP contribution in [-0.2, 0) is 51.4 Å². The van der Waals surface area contributed by atoms with E-state index < -0.39 is 0 Å². The van der Waals surface area contributed by atoms with Gasteiger partial charge in [0.2, 0.25) is 0 Å². The van der Waals surface area contributed by atoms with Gasteiger partial charge in [-0.25, -0.2) is 0 Å². The summed E-state index contributed by atoms with van der Waals surface area (Å²) in [6.45, 7) is 18.7. The maximum atomic E-state index is 3.91. The van der Waals surface area contributed by atoms with Crippen LogP contribution in [0.3, 0.4) is 0 Å². The van der Waals surface area contributed by atoms with Crippen LogP contribution >= 0.6 is 168 Å². The maximum absolute atomic E-state index is 3.91. The zero-order valence-corrected chi connectivity index (χ0v) is 80.1. The van der Waals surface area contributed by atoms with Gasteiger partial charge >= 0.3 is 0 Å². The Morgan fingerprint density at radius 2 is 0.309 bits per heavy atom. The van der Waals surface area contributed by atoms with Crippen molar-refractivity contribution in [2.75, 3.05) is 0 Å². The highest BCUT2D eigenvalue weighted by Gasteiger charge is 2.27. The van der Waals surface area contributed by atoms with Crippen LogP contribution in [0.2, 0.25) is 0 Å². The van der Waals surface area contributed by atoms with E-state index >= 15 is 0 Å². The summed E-state index contributed by atoms with van der Waals surface area (Å²) >= 11 is 32.4. The molecule has 14 heteroatoms. The molecule has 590 valence electrons. The normalized spacial score (nSPS) is 11.9. The number of aryl methyl sites for hydroxylation is 8. The largest absolute Gasteiger partial charge is 0.133 e. The molecule has 0 radical (unpaired) electrons. The second-order valence-corrected chi connectivity index (χ2v) is 46.3. The second-order valence-electron chi connectivity index (χ2n) is 30.7. The zero-order valence-electron chi connectivity index (χ0n) is 67.2. The van der Waals surface area contributed by atoms with Crippen molar-refractivity contribution in [2.45, 2.75) is 312 Å². The molecule has 0 nitrogen and oxygen atoms in total. The van der Waals surface area contributed by atoms with Gasteiger partial charge in [-0.15, -0.1) is 136 Å². The molecule has 12 aromatic heterocycles. The highest BCUT2D eigenvalue weighted by atomic mass is 79.9. The van der Waals surface area contributed by atoms with Crippen LogP contribution in [0.15, 0.2) is 105 Å². The van der Waals surface area contributed by atoms with Gasteiger partial charge in [0.05, 0.1) is 7.57 Å². The number of rotatable bonds is 51. The van der Waals surface area contributed by atoms with Gasteiger partial charge in [-0.1, -0.05) is 209 Å². The molecular weight excluding hydrogens is 1700 g/mol. The minimum Gasteiger partial charge on any atom is -0.133 e. The number of hydrogen-bond donors (Lipinski definition) is 0. The summed E-state index contributed by atoms with van der Waals surface area (Å²) in [6, 6.07) is 40.5. The van der Waals surface area contributed by atoms with Gasteiger partial charge < -0.3 is 0 Å². The van der Waals surface area contributed by atoms with Crippen LogP contribution < -0.4 is 0 Å². The Morgan fingerprint density at radius 3 is 0.464 bits per heavy atom. The van der Waals surface area contributed by atoms with E-state index in [1.165, 1.54) is 331 Å². The zero-order chi connectivity index (χ0) is 76.6. The van der Waals surface area contributed by atoms with E-state index in [0.717, 1.165) is 51.4 Å². The van der Waals surface area contributed by atoms with E-state index in [9.17, 15) is 0 Å². The Morgan fingerprint density at radius 1 is 0.164 bits per heavy atom.